The maximum Gasteiger partial charge on any atom is 0.446 e. The molecule has 20 heavy (non-hydrogen) atoms. The van der Waals surface area contributed by atoms with Gasteiger partial charge in [-0.05, 0) is 35.9 Å². The molecule has 0 atom stereocenters. The van der Waals surface area contributed by atoms with Gasteiger partial charge in [-0.25, -0.2) is 0 Å². The molecule has 0 aromatic heterocycles. The van der Waals surface area contributed by atoms with Crippen LogP contribution in [-0.2, 0) is 6.42 Å². The molecule has 9 heteroatoms. The molecule has 0 saturated heterocycles. The fourth-order valence-electron chi connectivity index (χ4n) is 1.61. The van der Waals surface area contributed by atoms with E-state index in [1.807, 2.05) is 0 Å². The molecule has 0 bridgehead atoms. The zero-order valence-corrected chi connectivity index (χ0v) is 11.8. The summed E-state index contributed by atoms with van der Waals surface area (Å²) in [7, 11) is 13.5. The van der Waals surface area contributed by atoms with E-state index in [0.717, 1.165) is 0 Å². The highest BCUT2D eigenvalue weighted by Gasteiger charge is 2.33. The minimum absolute atomic E-state index is 0.0194. The van der Waals surface area contributed by atoms with E-state index in [4.69, 9.17) is 30.9 Å². The number of alkyl halides is 3. The van der Waals surface area contributed by atoms with E-state index in [9.17, 15) is 13.2 Å². The molecular weight excluding hydrogens is 289 g/mol. The van der Waals surface area contributed by atoms with Gasteiger partial charge in [-0.2, -0.15) is 13.2 Å². The number of hydrogen-bond acceptors (Lipinski definition) is 4. The number of ether oxygens (including phenoxy) is 2. The van der Waals surface area contributed by atoms with E-state index >= 15 is 0 Å². The number of nitrogens with two attached hydrogens (primary N) is 1. The monoisotopic (exact) mass is 301 g/mol. The number of methoxy groups -OCH3 is 2. The van der Waals surface area contributed by atoms with Crippen LogP contribution in [-0.4, -0.2) is 40.8 Å². The first-order chi connectivity index (χ1) is 9.05. The van der Waals surface area contributed by atoms with Crippen LogP contribution in [0.5, 0.6) is 11.5 Å². The molecule has 0 amide bonds. The predicted molar refractivity (Wildman–Crippen MR) is 73.6 cm³/mol. The van der Waals surface area contributed by atoms with E-state index in [2.05, 4.69) is 0 Å². The van der Waals surface area contributed by atoms with Crippen LogP contribution < -0.4 is 15.2 Å². The molecule has 4 radical (unpaired) electrons. The second kappa shape index (κ2) is 6.22. The van der Waals surface area contributed by atoms with Crippen LogP contribution in [0, 0.1) is 0 Å². The summed E-state index contributed by atoms with van der Waals surface area (Å²) in [4.78, 5) is -0.164. The quantitative estimate of drug-likeness (QED) is 0.665. The molecule has 0 aliphatic rings. The highest BCUT2D eigenvalue weighted by molar-refractivity contribution is 8.00. The molecule has 106 valence electrons. The first-order valence-electron chi connectivity index (χ1n) is 5.43. The minimum atomic E-state index is -4.46. The van der Waals surface area contributed by atoms with Crippen LogP contribution in [0.1, 0.15) is 5.56 Å². The van der Waals surface area contributed by atoms with Gasteiger partial charge in [-0.1, -0.05) is 5.34 Å². The Bertz CT molecular complexity index is 453. The molecule has 3 nitrogen and oxygen atoms in total. The van der Waals surface area contributed by atoms with E-state index in [1.165, 1.54) is 26.4 Å². The summed E-state index contributed by atoms with van der Waals surface area (Å²) in [6.07, 6.45) is 0.0523. The van der Waals surface area contributed by atoms with Gasteiger partial charge in [-0.15, -0.1) is 0 Å². The van der Waals surface area contributed by atoms with Crippen molar-refractivity contribution in [2.45, 2.75) is 22.2 Å². The second-order valence-electron chi connectivity index (χ2n) is 4.17. The Hall–Kier alpha value is -0.950. The van der Waals surface area contributed by atoms with Gasteiger partial charge in [0.25, 0.3) is 0 Å². The molecule has 0 spiro atoms. The number of halogens is 3. The molecule has 1 aromatic rings. The summed E-state index contributed by atoms with van der Waals surface area (Å²) >= 11 is -0.314. The molecule has 0 aliphatic heterocycles. The van der Waals surface area contributed by atoms with Crippen molar-refractivity contribution in [1.82, 2.24) is 0 Å². The first kappa shape index (κ1) is 17.1. The van der Waals surface area contributed by atoms with Crippen molar-refractivity contribution in [1.29, 1.82) is 0 Å². The molecule has 0 fully saturated rings. The van der Waals surface area contributed by atoms with Gasteiger partial charge in [0, 0.05) is 0 Å². The molecular formula is C11H12B2F3NO2S. The van der Waals surface area contributed by atoms with E-state index in [-0.39, 0.29) is 34.6 Å². The second-order valence-corrected chi connectivity index (χ2v) is 5.24. The van der Waals surface area contributed by atoms with Crippen molar-refractivity contribution in [3.05, 3.63) is 17.7 Å². The Morgan fingerprint density at radius 1 is 1.15 bits per heavy atom. The Balaban J connectivity index is 3.25. The maximum absolute atomic E-state index is 12.5. The fraction of sp³-hybridized carbons (Fsp3) is 0.455. The van der Waals surface area contributed by atoms with E-state index < -0.39 is 10.8 Å². The molecule has 2 N–H and O–H groups in total. The lowest BCUT2D eigenvalue weighted by Crippen LogP contribution is -2.43. The summed E-state index contributed by atoms with van der Waals surface area (Å²) in [6.45, 7) is 0. The van der Waals surface area contributed by atoms with Crippen molar-refractivity contribution < 1.29 is 22.6 Å². The Morgan fingerprint density at radius 2 is 1.60 bits per heavy atom. The van der Waals surface area contributed by atoms with Crippen LogP contribution in [0.25, 0.3) is 0 Å². The largest absolute Gasteiger partial charge is 0.495 e. The molecule has 1 aromatic carbocycles. The van der Waals surface area contributed by atoms with Gasteiger partial charge < -0.3 is 15.2 Å². The average molecular weight is 301 g/mol. The SMILES string of the molecule is [B]C([B])(N)Cc1cc(OC)c(SC(F)(F)F)c(OC)c1. The smallest absolute Gasteiger partial charge is 0.446 e. The Morgan fingerprint density at radius 3 is 1.90 bits per heavy atom. The summed E-state index contributed by atoms with van der Waals surface area (Å²) in [5, 5.41) is -1.48. The number of rotatable bonds is 5. The van der Waals surface area contributed by atoms with Crippen LogP contribution in [0.3, 0.4) is 0 Å². The van der Waals surface area contributed by atoms with E-state index in [0.29, 0.717) is 5.56 Å². The van der Waals surface area contributed by atoms with Crippen LogP contribution >= 0.6 is 11.8 Å². The van der Waals surface area contributed by atoms with Crippen LogP contribution in [0.2, 0.25) is 0 Å². The third-order valence-electron chi connectivity index (χ3n) is 2.25. The summed E-state index contributed by atoms with van der Waals surface area (Å²) < 4.78 is 47.5. The van der Waals surface area contributed by atoms with Gasteiger partial charge in [0.05, 0.1) is 34.8 Å². The van der Waals surface area contributed by atoms with E-state index in [1.54, 1.807) is 0 Å². The maximum atomic E-state index is 12.5. The fourth-order valence-corrected chi connectivity index (χ4v) is 2.32. The minimum Gasteiger partial charge on any atom is -0.495 e. The zero-order chi connectivity index (χ0) is 15.6. The Kier molecular flexibility index (Phi) is 5.32. The summed E-state index contributed by atoms with van der Waals surface area (Å²) in [6, 6.07) is 2.80. The molecule has 0 aliphatic carbocycles. The molecule has 0 heterocycles. The molecule has 0 unspecified atom stereocenters. The normalized spacial score (nSPS) is 12.3. The third-order valence-corrected chi connectivity index (χ3v) is 3.09. The highest BCUT2D eigenvalue weighted by Crippen LogP contribution is 2.47. The number of thioether (sulfide) groups is 1. The predicted octanol–water partition coefficient (Wildman–Crippen LogP) is 1.81. The summed E-state index contributed by atoms with van der Waals surface area (Å²) in [5.41, 5.74) is 1.53. The standard InChI is InChI=1S/C11H12B2F3NO2S/c1-18-7-3-6(5-10(12,13)17)4-8(19-2)9(7)20-11(14,15)16/h3-4H,5,17H2,1-2H3. The van der Waals surface area contributed by atoms with Crippen LogP contribution in [0.15, 0.2) is 17.0 Å². The Labute approximate surface area is 122 Å². The van der Waals surface area contributed by atoms with Crippen molar-refractivity contribution in [3.8, 4) is 11.5 Å². The van der Waals surface area contributed by atoms with Crippen molar-refractivity contribution >= 4 is 27.5 Å². The average Bonchev–Trinajstić information content (AvgIpc) is 2.26. The highest BCUT2D eigenvalue weighted by atomic mass is 32.2. The van der Waals surface area contributed by atoms with Gasteiger partial charge in [0.1, 0.15) is 11.5 Å². The number of hydrogen-bond donors (Lipinski definition) is 1. The lowest BCUT2D eigenvalue weighted by Gasteiger charge is -2.22. The third kappa shape index (κ3) is 5.20. The van der Waals surface area contributed by atoms with Crippen molar-refractivity contribution in [3.63, 3.8) is 0 Å². The van der Waals surface area contributed by atoms with Gasteiger partial charge in [0.2, 0.25) is 0 Å². The zero-order valence-electron chi connectivity index (χ0n) is 11.0. The van der Waals surface area contributed by atoms with Crippen LogP contribution in [0.4, 0.5) is 13.2 Å². The summed E-state index contributed by atoms with van der Waals surface area (Å²) in [5.74, 6) is 0.0388. The van der Waals surface area contributed by atoms with Crippen molar-refractivity contribution in [2.24, 2.45) is 5.73 Å². The lowest BCUT2D eigenvalue weighted by atomic mass is 9.60. The molecule has 0 saturated carbocycles. The van der Waals surface area contributed by atoms with Gasteiger partial charge in [0.15, 0.2) is 0 Å². The first-order valence-corrected chi connectivity index (χ1v) is 6.24. The number of benzene rings is 1. The lowest BCUT2D eigenvalue weighted by molar-refractivity contribution is -0.0329. The van der Waals surface area contributed by atoms with Gasteiger partial charge >= 0.3 is 5.51 Å². The van der Waals surface area contributed by atoms with Crippen molar-refractivity contribution in [2.75, 3.05) is 14.2 Å². The topological polar surface area (TPSA) is 44.5 Å². The van der Waals surface area contributed by atoms with Gasteiger partial charge in [-0.3, -0.25) is 0 Å². The molecule has 1 rings (SSSR count).